The first-order valence-electron chi connectivity index (χ1n) is 13.1. The van der Waals surface area contributed by atoms with Crippen molar-refractivity contribution < 1.29 is 42.4 Å². The summed E-state index contributed by atoms with van der Waals surface area (Å²) in [5.41, 5.74) is 1.97. The van der Waals surface area contributed by atoms with Crippen LogP contribution in [0.2, 0.25) is 0 Å². The zero-order valence-corrected chi connectivity index (χ0v) is 22.9. The first-order valence-corrected chi connectivity index (χ1v) is 13.1. The van der Waals surface area contributed by atoms with E-state index in [1.807, 2.05) is 12.1 Å². The molecule has 0 aliphatic heterocycles. The summed E-state index contributed by atoms with van der Waals surface area (Å²) >= 11 is 0. The minimum atomic E-state index is -0.772. The van der Waals surface area contributed by atoms with Crippen molar-refractivity contribution in [2.24, 2.45) is 23.2 Å². The van der Waals surface area contributed by atoms with Crippen molar-refractivity contribution in [2.75, 3.05) is 13.2 Å². The molecule has 1 heterocycles. The van der Waals surface area contributed by atoms with E-state index in [1.165, 1.54) is 13.0 Å². The summed E-state index contributed by atoms with van der Waals surface area (Å²) < 4.78 is 6.15. The van der Waals surface area contributed by atoms with Crippen molar-refractivity contribution in [3.63, 3.8) is 0 Å². The van der Waals surface area contributed by atoms with E-state index < -0.39 is 12.5 Å². The van der Waals surface area contributed by atoms with Crippen molar-refractivity contribution in [2.45, 2.75) is 72.6 Å². The molecule has 0 saturated heterocycles. The van der Waals surface area contributed by atoms with Crippen LogP contribution in [-0.4, -0.2) is 51.4 Å². The van der Waals surface area contributed by atoms with E-state index in [0.717, 1.165) is 29.7 Å². The second-order valence-corrected chi connectivity index (χ2v) is 11.7. The van der Waals surface area contributed by atoms with Crippen LogP contribution in [0.4, 0.5) is 0 Å². The Morgan fingerprint density at radius 2 is 1.84 bits per heavy atom. The van der Waals surface area contributed by atoms with Crippen LogP contribution in [0, 0.1) is 23.2 Å². The van der Waals surface area contributed by atoms with E-state index in [0.29, 0.717) is 24.2 Å². The van der Waals surface area contributed by atoms with Crippen LogP contribution < -0.4 is 0 Å². The van der Waals surface area contributed by atoms with Gasteiger partial charge in [-0.3, -0.25) is 14.4 Å². The van der Waals surface area contributed by atoms with Gasteiger partial charge in [0.15, 0.2) is 5.78 Å². The molecule has 3 rings (SSSR count). The number of aliphatic hydroxyl groups is 2. The number of aryl methyl sites for hydroxylation is 1. The maximum absolute atomic E-state index is 13.2. The van der Waals surface area contributed by atoms with E-state index in [-0.39, 0.29) is 74.5 Å². The summed E-state index contributed by atoms with van der Waals surface area (Å²) in [5, 5.41) is 30.1. The molecule has 0 spiro atoms. The van der Waals surface area contributed by atoms with Gasteiger partial charge in [-0.1, -0.05) is 20.8 Å². The molecule has 1 aromatic carbocycles. The van der Waals surface area contributed by atoms with Gasteiger partial charge in [-0.25, -0.2) is 0 Å². The number of aromatic hydroxyl groups is 1. The van der Waals surface area contributed by atoms with Gasteiger partial charge in [-0.2, -0.15) is 0 Å². The van der Waals surface area contributed by atoms with Crippen LogP contribution in [0.3, 0.4) is 0 Å². The van der Waals surface area contributed by atoms with Crippen molar-refractivity contribution in [3.05, 3.63) is 41.2 Å². The fraction of sp³-hybridized carbons (Fsp3) is 0.567. The predicted molar refractivity (Wildman–Crippen MR) is 148 cm³/mol. The monoisotopic (exact) mass is 534 g/mol. The number of Topliss-reactive ketones (excluding diaryl/α,β-unsaturated/α-hetero) is 3. The van der Waals surface area contributed by atoms with E-state index >= 15 is 0 Å². The summed E-state index contributed by atoms with van der Waals surface area (Å²) in [4.78, 5) is 37.3. The molecule has 1 aromatic heterocycles. The highest BCUT2D eigenvalue weighted by molar-refractivity contribution is 6.03. The predicted octanol–water partition coefficient (Wildman–Crippen LogP) is 4.59. The Bertz CT molecular complexity index is 1140. The van der Waals surface area contributed by atoms with Gasteiger partial charge in [-0.05, 0) is 79.7 Å². The Balaban J connectivity index is 0.00000507. The van der Waals surface area contributed by atoms with Crippen molar-refractivity contribution in [1.29, 1.82) is 0 Å². The molecule has 0 amide bonds. The topological polar surface area (TPSA) is 157 Å². The van der Waals surface area contributed by atoms with Gasteiger partial charge in [0.1, 0.15) is 28.8 Å². The molecular weight excluding hydrogens is 488 g/mol. The third-order valence-electron chi connectivity index (χ3n) is 7.32. The maximum atomic E-state index is 13.2. The number of rotatable bonds is 12. The summed E-state index contributed by atoms with van der Waals surface area (Å²) in [7, 11) is 0. The lowest BCUT2D eigenvalue weighted by molar-refractivity contribution is -0.131. The van der Waals surface area contributed by atoms with Crippen LogP contribution >= 0.6 is 0 Å². The fourth-order valence-corrected chi connectivity index (χ4v) is 5.40. The first kappa shape index (κ1) is 31.4. The summed E-state index contributed by atoms with van der Waals surface area (Å²) in [5.74, 6) is -0.621. The third kappa shape index (κ3) is 7.85. The molecular formula is C30H46O8. The SMILES string of the molecule is CC(=O)CC(=O)C(CO)C(CCO)CC1CC(=O)c2c(O)ccc(-c3ccc(CCC(C)(C)C)o3)c2C1.O.[HH].[HH]. The molecule has 0 bridgehead atoms. The second kappa shape index (κ2) is 13.3. The normalized spacial score (nSPS) is 16.9. The van der Waals surface area contributed by atoms with Gasteiger partial charge in [0, 0.05) is 33.8 Å². The second-order valence-electron chi connectivity index (χ2n) is 11.7. The average molecular weight is 535 g/mol. The van der Waals surface area contributed by atoms with E-state index in [9.17, 15) is 29.7 Å². The molecule has 8 nitrogen and oxygen atoms in total. The molecule has 1 aliphatic carbocycles. The number of carbonyl (C=O) groups excluding carboxylic acids is 3. The van der Waals surface area contributed by atoms with Crippen LogP contribution in [-0.2, 0) is 22.4 Å². The minimum absolute atomic E-state index is 0. The highest BCUT2D eigenvalue weighted by atomic mass is 16.3. The number of hydrogen-bond acceptors (Lipinski definition) is 7. The molecule has 3 unspecified atom stereocenters. The molecule has 0 fully saturated rings. The number of carbonyl (C=O) groups is 3. The quantitative estimate of drug-likeness (QED) is 0.336. The highest BCUT2D eigenvalue weighted by Crippen LogP contribution is 2.41. The van der Waals surface area contributed by atoms with Crippen LogP contribution in [0.5, 0.6) is 5.75 Å². The van der Waals surface area contributed by atoms with E-state index in [1.54, 1.807) is 6.07 Å². The third-order valence-corrected chi connectivity index (χ3v) is 7.32. The zero-order valence-electron chi connectivity index (χ0n) is 22.9. The molecule has 0 saturated carbocycles. The molecule has 214 valence electrons. The molecule has 8 heteroatoms. The zero-order chi connectivity index (χ0) is 27.3. The van der Waals surface area contributed by atoms with E-state index in [4.69, 9.17) is 4.42 Å². The Morgan fingerprint density at radius 1 is 1.13 bits per heavy atom. The lowest BCUT2D eigenvalue weighted by atomic mass is 9.72. The lowest BCUT2D eigenvalue weighted by Gasteiger charge is -2.31. The maximum Gasteiger partial charge on any atom is 0.167 e. The van der Waals surface area contributed by atoms with Gasteiger partial charge in [0.05, 0.1) is 18.6 Å². The molecule has 2 aromatic rings. The molecule has 0 radical (unpaired) electrons. The summed E-state index contributed by atoms with van der Waals surface area (Å²) in [6, 6.07) is 7.15. The van der Waals surface area contributed by atoms with Crippen LogP contribution in [0.15, 0.2) is 28.7 Å². The Kier molecular flexibility index (Phi) is 11.0. The van der Waals surface area contributed by atoms with Gasteiger partial charge in [0.2, 0.25) is 0 Å². The smallest absolute Gasteiger partial charge is 0.167 e. The van der Waals surface area contributed by atoms with Crippen LogP contribution in [0.1, 0.15) is 84.3 Å². The lowest BCUT2D eigenvalue weighted by Crippen LogP contribution is -2.32. The van der Waals surface area contributed by atoms with Gasteiger partial charge in [0.25, 0.3) is 0 Å². The molecule has 1 aliphatic rings. The van der Waals surface area contributed by atoms with Crippen molar-refractivity contribution in [1.82, 2.24) is 0 Å². The number of phenolic OH excluding ortho intramolecular Hbond substituents is 1. The van der Waals surface area contributed by atoms with Gasteiger partial charge in [-0.15, -0.1) is 0 Å². The number of furan rings is 1. The summed E-state index contributed by atoms with van der Waals surface area (Å²) in [6.45, 7) is 7.29. The number of hydrogen-bond donors (Lipinski definition) is 3. The first-order chi connectivity index (χ1) is 17.4. The van der Waals surface area contributed by atoms with Crippen molar-refractivity contribution in [3.8, 4) is 17.1 Å². The standard InChI is InChI=1S/C30H40O7.H2O.2H2/c1-18(33)13-26(35)24(17-32)20(10-12-31)14-19-15-23-22(6-7-25(34)29(23)27(36)16-19)28-8-5-21(37-28)9-11-30(2,3)4;;;/h5-8,19-20,24,31-32,34H,9-17H2,1-4H3;1H2;2*1H. The van der Waals surface area contributed by atoms with Gasteiger partial charge >= 0.3 is 0 Å². The minimum Gasteiger partial charge on any atom is -0.507 e. The molecule has 38 heavy (non-hydrogen) atoms. The Morgan fingerprint density at radius 3 is 2.45 bits per heavy atom. The number of ketones is 3. The largest absolute Gasteiger partial charge is 0.507 e. The highest BCUT2D eigenvalue weighted by Gasteiger charge is 2.35. The van der Waals surface area contributed by atoms with E-state index in [2.05, 4.69) is 20.8 Å². The number of fused-ring (bicyclic) bond motifs is 1. The number of benzene rings is 1. The Labute approximate surface area is 227 Å². The molecule has 5 N–H and O–H groups in total. The average Bonchev–Trinajstić information content (AvgIpc) is 3.26. The van der Waals surface area contributed by atoms with Gasteiger partial charge < -0.3 is 25.2 Å². The number of phenols is 1. The number of aliphatic hydroxyl groups excluding tert-OH is 2. The fourth-order valence-electron chi connectivity index (χ4n) is 5.40. The Hall–Kier alpha value is -2.81. The van der Waals surface area contributed by atoms with Crippen LogP contribution in [0.25, 0.3) is 11.3 Å². The van der Waals surface area contributed by atoms with Crippen molar-refractivity contribution >= 4 is 17.3 Å². The summed E-state index contributed by atoms with van der Waals surface area (Å²) in [6.07, 6.45) is 2.91. The molecule has 3 atom stereocenters.